The highest BCUT2D eigenvalue weighted by Crippen LogP contribution is 2.35. The summed E-state index contributed by atoms with van der Waals surface area (Å²) in [6.07, 6.45) is -3.66. The molecule has 34 heavy (non-hydrogen) atoms. The zero-order valence-corrected chi connectivity index (χ0v) is 18.0. The highest BCUT2D eigenvalue weighted by molar-refractivity contribution is 6.01. The van der Waals surface area contributed by atoms with E-state index in [9.17, 15) is 22.8 Å². The Hall–Kier alpha value is -3.65. The number of ether oxygens (including phenoxy) is 3. The second-order valence-corrected chi connectivity index (χ2v) is 7.40. The van der Waals surface area contributed by atoms with Crippen molar-refractivity contribution in [1.29, 1.82) is 0 Å². The Bertz CT molecular complexity index is 1100. The molecular weight excluding hydrogens is 461 g/mol. The van der Waals surface area contributed by atoms with Crippen molar-refractivity contribution < 1.29 is 37.0 Å². The number of nitrogens with one attached hydrogen (secondary N) is 2. The van der Waals surface area contributed by atoms with Crippen molar-refractivity contribution in [2.24, 2.45) is 5.10 Å². The number of halogens is 3. The Morgan fingerprint density at radius 3 is 2.79 bits per heavy atom. The molecule has 2 aliphatic rings. The van der Waals surface area contributed by atoms with Crippen LogP contribution in [0, 0.1) is 0 Å². The van der Waals surface area contributed by atoms with Crippen molar-refractivity contribution in [2.45, 2.75) is 18.9 Å². The molecular formula is C20H21F3N6O5. The van der Waals surface area contributed by atoms with Crippen molar-refractivity contribution in [3.63, 3.8) is 0 Å². The summed E-state index contributed by atoms with van der Waals surface area (Å²) in [5.41, 5.74) is -0.0492. The molecule has 182 valence electrons. The van der Waals surface area contributed by atoms with Gasteiger partial charge in [-0.05, 0) is 12.1 Å². The van der Waals surface area contributed by atoms with Gasteiger partial charge in [0.25, 0.3) is 6.47 Å². The molecule has 0 radical (unpaired) electrons. The lowest BCUT2D eigenvalue weighted by molar-refractivity contribution is -0.137. The monoisotopic (exact) mass is 482 g/mol. The van der Waals surface area contributed by atoms with Crippen molar-refractivity contribution in [3.05, 3.63) is 46.9 Å². The van der Waals surface area contributed by atoms with Crippen LogP contribution >= 0.6 is 0 Å². The number of methoxy groups -OCH3 is 1. The summed E-state index contributed by atoms with van der Waals surface area (Å²) in [6, 6.07) is 2.48. The third-order valence-corrected chi connectivity index (χ3v) is 5.26. The van der Waals surface area contributed by atoms with Crippen LogP contribution in [0.5, 0.6) is 0 Å². The van der Waals surface area contributed by atoms with E-state index in [-0.39, 0.29) is 23.8 Å². The van der Waals surface area contributed by atoms with Crippen LogP contribution in [-0.2, 0) is 31.8 Å². The number of nitrogens with zero attached hydrogens (tertiary/aromatic N) is 4. The number of carbonyl (C=O) groups excluding carboxylic acids is 2. The predicted octanol–water partition coefficient (Wildman–Crippen LogP) is 1.90. The third-order valence-electron chi connectivity index (χ3n) is 5.26. The number of hydrogen-bond acceptors (Lipinski definition) is 9. The molecule has 11 nitrogen and oxygen atoms in total. The lowest BCUT2D eigenvalue weighted by atomic mass is 10.1. The van der Waals surface area contributed by atoms with E-state index < -0.39 is 24.0 Å². The maximum absolute atomic E-state index is 14.0. The van der Waals surface area contributed by atoms with Gasteiger partial charge in [0.2, 0.25) is 0 Å². The van der Waals surface area contributed by atoms with E-state index in [4.69, 9.17) is 9.47 Å². The fourth-order valence-corrected chi connectivity index (χ4v) is 3.71. The SMILES string of the molecule is COC(=O)Nc1cc(C(F)(F)F)c(C2=Nn3cc(COC=O)cc3C(N3CCOCC3)N2)cn1. The summed E-state index contributed by atoms with van der Waals surface area (Å²) in [7, 11) is 1.09. The van der Waals surface area contributed by atoms with Crippen LogP contribution in [0.15, 0.2) is 29.6 Å². The highest BCUT2D eigenvalue weighted by Gasteiger charge is 2.38. The number of fused-ring (bicyclic) bond motifs is 1. The Balaban J connectivity index is 1.76. The first-order chi connectivity index (χ1) is 16.3. The molecule has 0 bridgehead atoms. The molecule has 2 aliphatic heterocycles. The summed E-state index contributed by atoms with van der Waals surface area (Å²) in [4.78, 5) is 27.9. The van der Waals surface area contributed by atoms with Gasteiger partial charge in [-0.15, -0.1) is 5.10 Å². The zero-order chi connectivity index (χ0) is 24.3. The lowest BCUT2D eigenvalue weighted by Crippen LogP contribution is -2.49. The van der Waals surface area contributed by atoms with Crippen LogP contribution in [0.3, 0.4) is 0 Å². The summed E-state index contributed by atoms with van der Waals surface area (Å²) in [6.45, 7) is 2.33. The second-order valence-electron chi connectivity index (χ2n) is 7.40. The van der Waals surface area contributed by atoms with E-state index in [0.717, 1.165) is 13.3 Å². The van der Waals surface area contributed by atoms with Crippen LogP contribution in [0.25, 0.3) is 0 Å². The summed E-state index contributed by atoms with van der Waals surface area (Å²) in [5, 5.41) is 9.56. The molecule has 4 heterocycles. The molecule has 1 unspecified atom stereocenters. The van der Waals surface area contributed by atoms with E-state index in [1.165, 1.54) is 4.68 Å². The predicted molar refractivity (Wildman–Crippen MR) is 111 cm³/mol. The van der Waals surface area contributed by atoms with Crippen molar-refractivity contribution in [2.75, 3.05) is 38.7 Å². The van der Waals surface area contributed by atoms with Gasteiger partial charge in [-0.25, -0.2) is 14.5 Å². The average molecular weight is 482 g/mol. The molecule has 1 saturated heterocycles. The van der Waals surface area contributed by atoms with E-state index in [1.54, 1.807) is 12.3 Å². The van der Waals surface area contributed by atoms with Crippen LogP contribution in [-0.4, -0.2) is 66.4 Å². The van der Waals surface area contributed by atoms with Gasteiger partial charge in [0, 0.05) is 36.6 Å². The summed E-state index contributed by atoms with van der Waals surface area (Å²) in [5.74, 6) is -0.383. The maximum atomic E-state index is 14.0. The van der Waals surface area contributed by atoms with Crippen LogP contribution in [0.4, 0.5) is 23.8 Å². The Kier molecular flexibility index (Phi) is 6.70. The largest absolute Gasteiger partial charge is 0.463 e. The Morgan fingerprint density at radius 1 is 1.35 bits per heavy atom. The Labute approximate surface area is 191 Å². The van der Waals surface area contributed by atoms with Gasteiger partial charge in [-0.3, -0.25) is 15.0 Å². The van der Waals surface area contributed by atoms with Crippen LogP contribution in [0.1, 0.15) is 28.6 Å². The number of pyridine rings is 1. The lowest BCUT2D eigenvalue weighted by Gasteiger charge is -2.37. The standard InChI is InChI=1S/C20H21F3N6O5/c1-32-19(31)25-16-7-14(20(21,22)23)13(8-24-16)17-26-18(28-2-4-33-5-3-28)15-6-12(10-34-11-30)9-29(15)27-17/h6-9,11,18H,2-5,10H2,1H3,(H,26,27)(H,24,25,31). The highest BCUT2D eigenvalue weighted by atomic mass is 19.4. The zero-order valence-electron chi connectivity index (χ0n) is 18.0. The average Bonchev–Trinajstić information content (AvgIpc) is 3.25. The first kappa shape index (κ1) is 23.5. The minimum atomic E-state index is -4.76. The minimum absolute atomic E-state index is 0.00651. The fraction of sp³-hybridized carbons (Fsp3) is 0.400. The van der Waals surface area contributed by atoms with Crippen LogP contribution in [0.2, 0.25) is 0 Å². The summed E-state index contributed by atoms with van der Waals surface area (Å²) >= 11 is 0. The molecule has 4 rings (SSSR count). The third kappa shape index (κ3) is 4.97. The van der Waals surface area contributed by atoms with Gasteiger partial charge in [-0.1, -0.05) is 0 Å². The van der Waals surface area contributed by atoms with Crippen molar-refractivity contribution >= 4 is 24.2 Å². The fourth-order valence-electron chi connectivity index (χ4n) is 3.71. The van der Waals surface area contributed by atoms with E-state index in [0.29, 0.717) is 50.1 Å². The van der Waals surface area contributed by atoms with E-state index in [1.807, 2.05) is 4.90 Å². The molecule has 1 amide bonds. The number of rotatable bonds is 6. The Morgan fingerprint density at radius 2 is 2.12 bits per heavy atom. The smallest absolute Gasteiger partial charge is 0.417 e. The topological polar surface area (TPSA) is 119 Å². The molecule has 0 aromatic carbocycles. The number of carbonyl (C=O) groups is 2. The van der Waals surface area contributed by atoms with Gasteiger partial charge in [0.05, 0.1) is 31.6 Å². The second kappa shape index (κ2) is 9.69. The van der Waals surface area contributed by atoms with Gasteiger partial charge in [-0.2, -0.15) is 13.2 Å². The van der Waals surface area contributed by atoms with Crippen LogP contribution < -0.4 is 10.6 Å². The number of hydrogen-bond donors (Lipinski definition) is 2. The molecule has 14 heteroatoms. The maximum Gasteiger partial charge on any atom is 0.417 e. The first-order valence-electron chi connectivity index (χ1n) is 10.2. The first-order valence-corrected chi connectivity index (χ1v) is 10.2. The normalized spacial score (nSPS) is 18.4. The van der Waals surface area contributed by atoms with E-state index in [2.05, 4.69) is 25.5 Å². The quantitative estimate of drug-likeness (QED) is 0.600. The van der Waals surface area contributed by atoms with Crippen molar-refractivity contribution in [3.8, 4) is 0 Å². The number of aromatic nitrogens is 2. The molecule has 0 spiro atoms. The number of alkyl halides is 3. The minimum Gasteiger partial charge on any atom is -0.463 e. The molecule has 0 aliphatic carbocycles. The summed E-state index contributed by atoms with van der Waals surface area (Å²) < 4.78 is 57.9. The molecule has 0 saturated carbocycles. The van der Waals surface area contributed by atoms with E-state index >= 15 is 0 Å². The molecule has 1 fully saturated rings. The molecule has 1 atom stereocenters. The number of amidine groups is 1. The molecule has 2 aromatic rings. The van der Waals surface area contributed by atoms with Gasteiger partial charge >= 0.3 is 12.3 Å². The van der Waals surface area contributed by atoms with Gasteiger partial charge < -0.3 is 19.5 Å². The van der Waals surface area contributed by atoms with Gasteiger partial charge in [0.15, 0.2) is 5.84 Å². The number of amides is 1. The number of anilines is 1. The molecule has 2 aromatic heterocycles. The number of morpholine rings is 1. The molecule has 2 N–H and O–H groups in total. The van der Waals surface area contributed by atoms with Crippen molar-refractivity contribution in [1.82, 2.24) is 19.9 Å². The van der Waals surface area contributed by atoms with Gasteiger partial charge in [0.1, 0.15) is 18.6 Å².